The molecule has 8 heteroatoms. The fraction of sp³-hybridized carbons (Fsp3) is 0.312. The second-order valence-electron chi connectivity index (χ2n) is 5.06. The minimum Gasteiger partial charge on any atom is -0.508 e. The van der Waals surface area contributed by atoms with E-state index in [1.165, 1.54) is 18.2 Å². The molecule has 8 nitrogen and oxygen atoms in total. The van der Waals surface area contributed by atoms with Crippen molar-refractivity contribution in [1.82, 2.24) is 0 Å². The zero-order chi connectivity index (χ0) is 18.1. The summed E-state index contributed by atoms with van der Waals surface area (Å²) in [6.07, 6.45) is 1.36. The molecule has 0 aromatic heterocycles. The maximum Gasteiger partial charge on any atom is 0.345 e. The lowest BCUT2D eigenvalue weighted by Gasteiger charge is -2.13. The number of carboxylic acid groups (broad SMARTS) is 2. The Morgan fingerprint density at radius 3 is 2.25 bits per heavy atom. The molecular formula is C16H19NO7. The molecule has 5 N–H and O–H groups in total. The molecule has 0 spiro atoms. The van der Waals surface area contributed by atoms with Gasteiger partial charge in [0.1, 0.15) is 11.8 Å². The van der Waals surface area contributed by atoms with Crippen molar-refractivity contribution in [3.05, 3.63) is 35.9 Å². The molecule has 130 valence electrons. The minimum absolute atomic E-state index is 0.0326. The lowest BCUT2D eigenvalue weighted by molar-refractivity contribution is -0.161. The van der Waals surface area contributed by atoms with Crippen LogP contribution in [0.2, 0.25) is 0 Å². The molecule has 2 atom stereocenters. The molecule has 0 heterocycles. The van der Waals surface area contributed by atoms with Gasteiger partial charge in [-0.05, 0) is 43.0 Å². The Labute approximate surface area is 138 Å². The first-order chi connectivity index (χ1) is 11.3. The molecule has 0 amide bonds. The monoisotopic (exact) mass is 337 g/mol. The number of rotatable bonds is 9. The number of carboxylic acids is 2. The van der Waals surface area contributed by atoms with Gasteiger partial charge in [0.05, 0.1) is 0 Å². The Balaban J connectivity index is 2.51. The maximum atomic E-state index is 11.7. The van der Waals surface area contributed by atoms with Crippen molar-refractivity contribution >= 4 is 24.0 Å². The molecule has 0 radical (unpaired) electrons. The number of hydrogen-bond acceptors (Lipinski definition) is 6. The number of ether oxygens (including phenoxy) is 1. The Hall–Kier alpha value is -2.87. The smallest absolute Gasteiger partial charge is 0.345 e. The third-order valence-electron chi connectivity index (χ3n) is 3.14. The van der Waals surface area contributed by atoms with Crippen molar-refractivity contribution in [3.8, 4) is 5.75 Å². The van der Waals surface area contributed by atoms with E-state index in [-0.39, 0.29) is 25.0 Å². The number of carbonyl (C=O) groups is 3. The lowest BCUT2D eigenvalue weighted by Crippen LogP contribution is -2.31. The maximum absolute atomic E-state index is 11.7. The first kappa shape index (κ1) is 19.2. The number of esters is 1. The number of aromatic hydroxyl groups is 1. The summed E-state index contributed by atoms with van der Waals surface area (Å²) in [5.74, 6) is -3.24. The molecule has 24 heavy (non-hydrogen) atoms. The van der Waals surface area contributed by atoms with Crippen molar-refractivity contribution < 1.29 is 34.4 Å². The van der Waals surface area contributed by atoms with E-state index in [1.54, 1.807) is 12.1 Å². The van der Waals surface area contributed by atoms with Crippen LogP contribution in [0.25, 0.3) is 6.08 Å². The van der Waals surface area contributed by atoms with Crippen LogP contribution in [0.5, 0.6) is 5.75 Å². The summed E-state index contributed by atoms with van der Waals surface area (Å²) in [6.45, 7) is 0. The lowest BCUT2D eigenvalue weighted by atomic mass is 10.1. The molecule has 1 aromatic carbocycles. The number of nitrogens with two attached hydrogens (primary N) is 1. The van der Waals surface area contributed by atoms with E-state index in [9.17, 15) is 14.4 Å². The van der Waals surface area contributed by atoms with Gasteiger partial charge in [-0.2, -0.15) is 0 Å². The van der Waals surface area contributed by atoms with Crippen molar-refractivity contribution in [3.63, 3.8) is 0 Å². The van der Waals surface area contributed by atoms with Gasteiger partial charge in [-0.15, -0.1) is 0 Å². The first-order valence-corrected chi connectivity index (χ1v) is 7.18. The molecule has 0 saturated heterocycles. The van der Waals surface area contributed by atoms with Crippen molar-refractivity contribution in [2.75, 3.05) is 0 Å². The molecule has 0 saturated carbocycles. The largest absolute Gasteiger partial charge is 0.508 e. The predicted octanol–water partition coefficient (Wildman–Crippen LogP) is 0.984. The van der Waals surface area contributed by atoms with Gasteiger partial charge >= 0.3 is 17.9 Å². The number of phenols is 1. The molecule has 0 bridgehead atoms. The van der Waals surface area contributed by atoms with E-state index in [0.29, 0.717) is 5.56 Å². The van der Waals surface area contributed by atoms with Gasteiger partial charge in [-0.25, -0.2) is 9.59 Å². The normalized spacial score (nSPS) is 13.4. The highest BCUT2D eigenvalue weighted by Gasteiger charge is 2.22. The minimum atomic E-state index is -1.37. The van der Waals surface area contributed by atoms with E-state index in [2.05, 4.69) is 0 Å². The van der Waals surface area contributed by atoms with Crippen molar-refractivity contribution in [2.24, 2.45) is 5.73 Å². The summed E-state index contributed by atoms with van der Waals surface area (Å²) < 4.78 is 4.84. The second kappa shape index (κ2) is 9.31. The molecule has 2 unspecified atom stereocenters. The van der Waals surface area contributed by atoms with Gasteiger partial charge in [0.2, 0.25) is 0 Å². The van der Waals surface area contributed by atoms with Gasteiger partial charge in [-0.1, -0.05) is 12.1 Å². The summed E-state index contributed by atoms with van der Waals surface area (Å²) in [5, 5.41) is 26.8. The fourth-order valence-electron chi connectivity index (χ4n) is 1.81. The van der Waals surface area contributed by atoms with Gasteiger partial charge < -0.3 is 25.8 Å². The average molecular weight is 337 g/mol. The zero-order valence-electron chi connectivity index (χ0n) is 12.8. The number of phenolic OH excluding ortho intramolecular Hbond substituents is 1. The van der Waals surface area contributed by atoms with Crippen LogP contribution >= 0.6 is 0 Å². The molecule has 0 aliphatic rings. The Morgan fingerprint density at radius 2 is 1.71 bits per heavy atom. The number of benzene rings is 1. The van der Waals surface area contributed by atoms with E-state index in [0.717, 1.165) is 6.08 Å². The summed E-state index contributed by atoms with van der Waals surface area (Å²) in [6, 6.07) is 4.94. The predicted molar refractivity (Wildman–Crippen MR) is 84.1 cm³/mol. The highest BCUT2D eigenvalue weighted by Crippen LogP contribution is 2.12. The molecule has 0 aliphatic carbocycles. The number of carbonyl (C=O) groups excluding carboxylic acids is 1. The SMILES string of the molecule is NC(CCCC(OC(=O)/C=C/c1ccc(O)cc1)C(=O)O)C(=O)O. The standard InChI is InChI=1S/C16H19NO7/c17-12(15(20)21)2-1-3-13(16(22)23)24-14(19)9-6-10-4-7-11(18)8-5-10/h4-9,12-13,18H,1-3,17H2,(H,20,21)(H,22,23)/b9-6+. The summed E-state index contributed by atoms with van der Waals surface area (Å²) >= 11 is 0. The summed E-state index contributed by atoms with van der Waals surface area (Å²) in [4.78, 5) is 33.3. The van der Waals surface area contributed by atoms with Crippen molar-refractivity contribution in [1.29, 1.82) is 0 Å². The number of aliphatic carboxylic acids is 2. The van der Waals surface area contributed by atoms with Crippen LogP contribution in [0.4, 0.5) is 0 Å². The summed E-state index contributed by atoms with van der Waals surface area (Å²) in [5.41, 5.74) is 5.95. The second-order valence-corrected chi connectivity index (χ2v) is 5.06. The third-order valence-corrected chi connectivity index (χ3v) is 3.14. The Kier molecular flexibility index (Phi) is 7.44. The Morgan fingerprint density at radius 1 is 1.08 bits per heavy atom. The number of hydrogen-bond donors (Lipinski definition) is 4. The molecular weight excluding hydrogens is 318 g/mol. The van der Waals surface area contributed by atoms with Crippen LogP contribution in [-0.2, 0) is 19.1 Å². The van der Waals surface area contributed by atoms with Crippen LogP contribution in [0.3, 0.4) is 0 Å². The fourth-order valence-corrected chi connectivity index (χ4v) is 1.81. The third kappa shape index (κ3) is 6.93. The quantitative estimate of drug-likeness (QED) is 0.385. The summed E-state index contributed by atoms with van der Waals surface area (Å²) in [7, 11) is 0. The topological polar surface area (TPSA) is 147 Å². The molecule has 0 fully saturated rings. The van der Waals surface area contributed by atoms with E-state index in [1.807, 2.05) is 0 Å². The van der Waals surface area contributed by atoms with E-state index in [4.69, 9.17) is 25.8 Å². The van der Waals surface area contributed by atoms with E-state index >= 15 is 0 Å². The average Bonchev–Trinajstić information content (AvgIpc) is 2.52. The first-order valence-electron chi connectivity index (χ1n) is 7.18. The van der Waals surface area contributed by atoms with Crippen molar-refractivity contribution in [2.45, 2.75) is 31.4 Å². The zero-order valence-corrected chi connectivity index (χ0v) is 12.8. The molecule has 0 aliphatic heterocycles. The molecule has 1 aromatic rings. The van der Waals surface area contributed by atoms with Crippen LogP contribution in [0.1, 0.15) is 24.8 Å². The van der Waals surface area contributed by atoms with E-state index < -0.39 is 30.1 Å². The molecule has 1 rings (SSSR count). The van der Waals surface area contributed by atoms with Crippen LogP contribution in [0, 0.1) is 0 Å². The highest BCUT2D eigenvalue weighted by atomic mass is 16.6. The van der Waals surface area contributed by atoms with Gasteiger partial charge in [0, 0.05) is 6.08 Å². The van der Waals surface area contributed by atoms with Gasteiger partial charge in [-0.3, -0.25) is 4.79 Å². The van der Waals surface area contributed by atoms with Gasteiger partial charge in [0.15, 0.2) is 6.10 Å². The van der Waals surface area contributed by atoms with Gasteiger partial charge in [0.25, 0.3) is 0 Å². The van der Waals surface area contributed by atoms with Crippen LogP contribution in [0.15, 0.2) is 30.3 Å². The van der Waals surface area contributed by atoms with Crippen LogP contribution < -0.4 is 5.73 Å². The Bertz CT molecular complexity index is 609. The highest BCUT2D eigenvalue weighted by molar-refractivity contribution is 5.89. The van der Waals surface area contributed by atoms with Crippen LogP contribution in [-0.4, -0.2) is 45.4 Å².